The second-order valence-corrected chi connectivity index (χ2v) is 12.0. The number of carbonyl (C=O) groups excluding carboxylic acids is 1. The molecule has 3 heterocycles. The number of amides is 1. The lowest BCUT2D eigenvalue weighted by Crippen LogP contribution is -2.46. The van der Waals surface area contributed by atoms with Crippen molar-refractivity contribution < 1.29 is 13.2 Å². The van der Waals surface area contributed by atoms with Crippen LogP contribution in [-0.2, 0) is 21.1 Å². The van der Waals surface area contributed by atoms with Crippen molar-refractivity contribution in [2.24, 2.45) is 5.92 Å². The van der Waals surface area contributed by atoms with Crippen LogP contribution in [0.2, 0.25) is 0 Å². The van der Waals surface area contributed by atoms with E-state index in [1.54, 1.807) is 6.07 Å². The number of carbonyl (C=O) groups is 1. The quantitative estimate of drug-likeness (QED) is 0.616. The smallest absolute Gasteiger partial charge is 0.226 e. The number of hydrogen-bond acceptors (Lipinski definition) is 8. The maximum Gasteiger partial charge on any atom is 0.226 e. The van der Waals surface area contributed by atoms with E-state index in [2.05, 4.69) is 34.2 Å². The Labute approximate surface area is 199 Å². The van der Waals surface area contributed by atoms with Crippen LogP contribution in [0.4, 0.5) is 5.13 Å². The molecule has 0 aliphatic carbocycles. The molecule has 4 rings (SSSR count). The molecule has 8 nitrogen and oxygen atoms in total. The minimum atomic E-state index is -3.38. The molecule has 0 radical (unpaired) electrons. The summed E-state index contributed by atoms with van der Waals surface area (Å²) >= 11 is 1.45. The molecule has 1 aromatic heterocycles. The Hall–Kier alpha value is -2.51. The molecular weight excluding hydrogens is 458 g/mol. The fourth-order valence-corrected chi connectivity index (χ4v) is 6.11. The SMILES string of the molecule is CC(C)c1nsc(N2CCC(N3CC[C@H](Cc4ccc(S(C)(=O)=O)cc4C#N)C3=O)CC2)n1. The van der Waals surface area contributed by atoms with Crippen LogP contribution >= 0.6 is 11.5 Å². The summed E-state index contributed by atoms with van der Waals surface area (Å²) in [6.45, 7) is 6.63. The first kappa shape index (κ1) is 23.6. The Kier molecular flexibility index (Phi) is 6.73. The summed E-state index contributed by atoms with van der Waals surface area (Å²) in [5, 5.41) is 10.5. The van der Waals surface area contributed by atoms with Crippen LogP contribution < -0.4 is 4.90 Å². The van der Waals surface area contributed by atoms with Gasteiger partial charge in [0.2, 0.25) is 11.0 Å². The molecule has 0 N–H and O–H groups in total. The van der Waals surface area contributed by atoms with Gasteiger partial charge in [0.15, 0.2) is 9.84 Å². The van der Waals surface area contributed by atoms with Gasteiger partial charge in [-0.1, -0.05) is 19.9 Å². The maximum absolute atomic E-state index is 13.2. The van der Waals surface area contributed by atoms with Crippen LogP contribution in [0.15, 0.2) is 23.1 Å². The number of piperidine rings is 1. The lowest BCUT2D eigenvalue weighted by Gasteiger charge is -2.36. The van der Waals surface area contributed by atoms with E-state index in [0.717, 1.165) is 61.7 Å². The van der Waals surface area contributed by atoms with E-state index in [0.29, 0.717) is 17.9 Å². The minimum Gasteiger partial charge on any atom is -0.347 e. The third kappa shape index (κ3) is 5.04. The van der Waals surface area contributed by atoms with Gasteiger partial charge in [0, 0.05) is 55.3 Å². The zero-order valence-electron chi connectivity index (χ0n) is 19.2. The Bertz CT molecular complexity index is 1180. The number of likely N-dealkylation sites (tertiary alicyclic amines) is 1. The van der Waals surface area contributed by atoms with Crippen molar-refractivity contribution in [2.75, 3.05) is 30.8 Å². The van der Waals surface area contributed by atoms with Gasteiger partial charge in [0.1, 0.15) is 5.82 Å². The predicted molar refractivity (Wildman–Crippen MR) is 127 cm³/mol. The third-order valence-corrected chi connectivity index (χ3v) is 8.47. The average Bonchev–Trinajstić information content (AvgIpc) is 3.41. The molecule has 1 atom stereocenters. The molecule has 2 saturated heterocycles. The van der Waals surface area contributed by atoms with Crippen LogP contribution in [0.5, 0.6) is 0 Å². The number of nitriles is 1. The van der Waals surface area contributed by atoms with Crippen molar-refractivity contribution >= 4 is 32.4 Å². The second-order valence-electron chi connectivity index (χ2n) is 9.23. The molecule has 1 amide bonds. The number of rotatable bonds is 6. The van der Waals surface area contributed by atoms with E-state index in [1.165, 1.54) is 23.7 Å². The van der Waals surface area contributed by atoms with E-state index in [1.807, 2.05) is 4.90 Å². The first-order valence-electron chi connectivity index (χ1n) is 11.3. The van der Waals surface area contributed by atoms with E-state index in [-0.39, 0.29) is 22.8 Å². The van der Waals surface area contributed by atoms with Crippen molar-refractivity contribution in [3.8, 4) is 6.07 Å². The molecule has 0 bridgehead atoms. The van der Waals surface area contributed by atoms with E-state index in [9.17, 15) is 18.5 Å². The first-order valence-corrected chi connectivity index (χ1v) is 14.0. The molecule has 1 aromatic carbocycles. The number of benzene rings is 1. The Balaban J connectivity index is 1.37. The lowest BCUT2D eigenvalue weighted by atomic mass is 9.94. The topological polar surface area (TPSA) is 107 Å². The van der Waals surface area contributed by atoms with E-state index >= 15 is 0 Å². The summed E-state index contributed by atoms with van der Waals surface area (Å²) < 4.78 is 28.0. The highest BCUT2D eigenvalue weighted by Gasteiger charge is 2.37. The van der Waals surface area contributed by atoms with Gasteiger partial charge in [-0.15, -0.1) is 0 Å². The summed E-state index contributed by atoms with van der Waals surface area (Å²) in [7, 11) is -3.38. The average molecular weight is 488 g/mol. The van der Waals surface area contributed by atoms with Crippen LogP contribution in [0.1, 0.15) is 56.0 Å². The van der Waals surface area contributed by atoms with E-state index in [4.69, 9.17) is 0 Å². The molecular formula is C23H29N5O3S2. The maximum atomic E-state index is 13.2. The lowest BCUT2D eigenvalue weighted by molar-refractivity contribution is -0.133. The van der Waals surface area contributed by atoms with Crippen molar-refractivity contribution in [3.05, 3.63) is 35.2 Å². The Morgan fingerprint density at radius 1 is 1.21 bits per heavy atom. The Morgan fingerprint density at radius 3 is 2.55 bits per heavy atom. The largest absolute Gasteiger partial charge is 0.347 e. The standard InChI is InChI=1S/C23H29N5O3S2/c1-15(2)21-25-23(32-26-21)27-9-7-19(8-10-27)28-11-6-17(22(28)29)12-16-4-5-20(33(3,30)31)13-18(16)14-24/h4-5,13,15,17,19H,6-12H2,1-3H3/t17-/m1/s1. The van der Waals surface area contributed by atoms with Gasteiger partial charge in [-0.3, -0.25) is 4.79 Å². The number of hydrogen-bond donors (Lipinski definition) is 0. The van der Waals surface area contributed by atoms with Crippen molar-refractivity contribution in [1.29, 1.82) is 5.26 Å². The molecule has 33 heavy (non-hydrogen) atoms. The molecule has 10 heteroatoms. The van der Waals surface area contributed by atoms with Gasteiger partial charge in [0.25, 0.3) is 0 Å². The molecule has 2 fully saturated rings. The summed E-state index contributed by atoms with van der Waals surface area (Å²) in [6.07, 6.45) is 4.15. The normalized spacial score (nSPS) is 20.0. The molecule has 0 unspecified atom stereocenters. The minimum absolute atomic E-state index is 0.130. The van der Waals surface area contributed by atoms with Crippen molar-refractivity contribution in [3.63, 3.8) is 0 Å². The summed E-state index contributed by atoms with van der Waals surface area (Å²) in [5.41, 5.74) is 1.06. The van der Waals surface area contributed by atoms with Crippen LogP contribution in [0.3, 0.4) is 0 Å². The van der Waals surface area contributed by atoms with Crippen LogP contribution in [0, 0.1) is 17.2 Å². The van der Waals surface area contributed by atoms with Gasteiger partial charge in [-0.2, -0.15) is 9.64 Å². The highest BCUT2D eigenvalue weighted by Crippen LogP contribution is 2.31. The van der Waals surface area contributed by atoms with E-state index < -0.39 is 9.84 Å². The fraction of sp³-hybridized carbons (Fsp3) is 0.565. The molecule has 0 spiro atoms. The third-order valence-electron chi connectivity index (χ3n) is 6.57. The highest BCUT2D eigenvalue weighted by atomic mass is 32.2. The number of sulfone groups is 1. The fourth-order valence-electron chi connectivity index (χ4n) is 4.61. The highest BCUT2D eigenvalue weighted by molar-refractivity contribution is 7.90. The first-order chi connectivity index (χ1) is 15.7. The van der Waals surface area contributed by atoms with Gasteiger partial charge in [-0.25, -0.2) is 13.4 Å². The van der Waals surface area contributed by atoms with Gasteiger partial charge < -0.3 is 9.80 Å². The second kappa shape index (κ2) is 9.39. The zero-order chi connectivity index (χ0) is 23.8. The van der Waals surface area contributed by atoms with Crippen molar-refractivity contribution in [2.45, 2.75) is 56.4 Å². The summed E-state index contributed by atoms with van der Waals surface area (Å²) in [6, 6.07) is 6.93. The van der Waals surface area contributed by atoms with Crippen LogP contribution in [-0.4, -0.2) is 60.5 Å². The van der Waals surface area contributed by atoms with Gasteiger partial charge >= 0.3 is 0 Å². The van der Waals surface area contributed by atoms with Crippen molar-refractivity contribution in [1.82, 2.24) is 14.3 Å². The molecule has 2 aliphatic rings. The number of aromatic nitrogens is 2. The molecule has 0 saturated carbocycles. The Morgan fingerprint density at radius 2 is 1.94 bits per heavy atom. The van der Waals surface area contributed by atoms with Crippen LogP contribution in [0.25, 0.3) is 0 Å². The number of nitrogens with zero attached hydrogens (tertiary/aromatic N) is 5. The molecule has 176 valence electrons. The molecule has 2 aliphatic heterocycles. The summed E-state index contributed by atoms with van der Waals surface area (Å²) in [4.78, 5) is 22.2. The molecule has 2 aromatic rings. The zero-order valence-corrected chi connectivity index (χ0v) is 20.8. The van der Waals surface area contributed by atoms with Gasteiger partial charge in [-0.05, 0) is 43.4 Å². The summed E-state index contributed by atoms with van der Waals surface area (Å²) in [5.74, 6) is 1.17. The monoisotopic (exact) mass is 487 g/mol. The predicted octanol–water partition coefficient (Wildman–Crippen LogP) is 3.00. The van der Waals surface area contributed by atoms with Gasteiger partial charge in [0.05, 0.1) is 16.5 Å². The number of anilines is 1.